The standard InChI is InChI=1S/C13H18N6/c1-14-7-8-19(2)13-9-12(16-10-17-13)18-11-3-5-15-6-4-11/h3-6,9-10,14H,7-8H2,1-2H3,(H,15,16,17,18). The quantitative estimate of drug-likeness (QED) is 0.813. The van der Waals surface area contributed by atoms with Crippen LogP contribution in [0.3, 0.4) is 0 Å². The molecule has 0 saturated carbocycles. The number of aromatic nitrogens is 3. The van der Waals surface area contributed by atoms with Gasteiger partial charge in [-0.05, 0) is 19.2 Å². The number of anilines is 3. The molecule has 6 nitrogen and oxygen atoms in total. The Hall–Kier alpha value is -2.21. The van der Waals surface area contributed by atoms with Crippen LogP contribution in [0.15, 0.2) is 36.9 Å². The van der Waals surface area contributed by atoms with Crippen LogP contribution in [0.1, 0.15) is 0 Å². The average Bonchev–Trinajstić information content (AvgIpc) is 2.46. The lowest BCUT2D eigenvalue weighted by Crippen LogP contribution is -2.27. The first kappa shape index (κ1) is 13.2. The summed E-state index contributed by atoms with van der Waals surface area (Å²) in [5.74, 6) is 1.66. The largest absolute Gasteiger partial charge is 0.358 e. The van der Waals surface area contributed by atoms with E-state index in [4.69, 9.17) is 0 Å². The van der Waals surface area contributed by atoms with E-state index in [0.717, 1.165) is 30.4 Å². The molecule has 2 aromatic heterocycles. The molecule has 0 aliphatic carbocycles. The van der Waals surface area contributed by atoms with Crippen LogP contribution in [0.4, 0.5) is 17.3 Å². The molecule has 6 heteroatoms. The molecule has 2 rings (SSSR count). The van der Waals surface area contributed by atoms with Gasteiger partial charge in [0.15, 0.2) is 0 Å². The maximum atomic E-state index is 4.27. The Balaban J connectivity index is 2.06. The van der Waals surface area contributed by atoms with Crippen molar-refractivity contribution in [2.75, 3.05) is 37.4 Å². The van der Waals surface area contributed by atoms with Gasteiger partial charge in [-0.15, -0.1) is 0 Å². The van der Waals surface area contributed by atoms with Crippen LogP contribution >= 0.6 is 0 Å². The number of hydrogen-bond acceptors (Lipinski definition) is 6. The van der Waals surface area contributed by atoms with Crippen molar-refractivity contribution in [3.8, 4) is 0 Å². The zero-order valence-corrected chi connectivity index (χ0v) is 11.2. The highest BCUT2D eigenvalue weighted by atomic mass is 15.2. The minimum atomic E-state index is 0.771. The van der Waals surface area contributed by atoms with Gasteiger partial charge in [0.25, 0.3) is 0 Å². The summed E-state index contributed by atoms with van der Waals surface area (Å²) < 4.78 is 0. The topological polar surface area (TPSA) is 66.0 Å². The summed E-state index contributed by atoms with van der Waals surface area (Å²) in [5, 5.41) is 6.34. The van der Waals surface area contributed by atoms with Gasteiger partial charge in [-0.25, -0.2) is 9.97 Å². The summed E-state index contributed by atoms with van der Waals surface area (Å²) in [6.45, 7) is 1.80. The van der Waals surface area contributed by atoms with Crippen molar-refractivity contribution in [3.05, 3.63) is 36.9 Å². The second-order valence-electron chi connectivity index (χ2n) is 4.15. The molecule has 0 unspecified atom stereocenters. The molecule has 2 heterocycles. The molecule has 0 aliphatic rings. The maximum absolute atomic E-state index is 4.27. The Morgan fingerprint density at radius 3 is 2.74 bits per heavy atom. The van der Waals surface area contributed by atoms with Crippen molar-refractivity contribution < 1.29 is 0 Å². The molecule has 0 amide bonds. The van der Waals surface area contributed by atoms with Crippen LogP contribution < -0.4 is 15.5 Å². The van der Waals surface area contributed by atoms with E-state index in [-0.39, 0.29) is 0 Å². The summed E-state index contributed by atoms with van der Waals surface area (Å²) in [4.78, 5) is 14.5. The minimum absolute atomic E-state index is 0.771. The molecule has 0 saturated heterocycles. The number of hydrogen-bond donors (Lipinski definition) is 2. The summed E-state index contributed by atoms with van der Waals surface area (Å²) in [6.07, 6.45) is 5.04. The van der Waals surface area contributed by atoms with Gasteiger partial charge in [0.05, 0.1) is 0 Å². The predicted octanol–water partition coefficient (Wildman–Crippen LogP) is 1.27. The second kappa shape index (κ2) is 6.65. The molecule has 100 valence electrons. The molecule has 0 aliphatic heterocycles. The Kier molecular flexibility index (Phi) is 4.63. The average molecular weight is 258 g/mol. The zero-order valence-electron chi connectivity index (χ0n) is 11.2. The van der Waals surface area contributed by atoms with E-state index in [1.807, 2.05) is 32.3 Å². The van der Waals surface area contributed by atoms with E-state index in [1.54, 1.807) is 18.7 Å². The lowest BCUT2D eigenvalue weighted by molar-refractivity contribution is 0.760. The second-order valence-corrected chi connectivity index (χ2v) is 4.15. The third kappa shape index (κ3) is 3.89. The van der Waals surface area contributed by atoms with E-state index in [9.17, 15) is 0 Å². The van der Waals surface area contributed by atoms with E-state index in [0.29, 0.717) is 0 Å². The van der Waals surface area contributed by atoms with Gasteiger partial charge in [0.2, 0.25) is 0 Å². The van der Waals surface area contributed by atoms with Crippen LogP contribution in [0, 0.1) is 0 Å². The highest BCUT2D eigenvalue weighted by molar-refractivity contribution is 5.58. The lowest BCUT2D eigenvalue weighted by Gasteiger charge is -2.18. The molecule has 0 atom stereocenters. The van der Waals surface area contributed by atoms with E-state index >= 15 is 0 Å². The van der Waals surface area contributed by atoms with Gasteiger partial charge >= 0.3 is 0 Å². The summed E-state index contributed by atoms with van der Waals surface area (Å²) in [7, 11) is 3.94. The van der Waals surface area contributed by atoms with Crippen molar-refractivity contribution in [3.63, 3.8) is 0 Å². The normalized spacial score (nSPS) is 10.2. The Bertz CT molecular complexity index is 501. The Morgan fingerprint density at radius 1 is 1.21 bits per heavy atom. The first-order valence-corrected chi connectivity index (χ1v) is 6.14. The molecule has 0 bridgehead atoms. The fourth-order valence-electron chi connectivity index (χ4n) is 1.60. The van der Waals surface area contributed by atoms with Crippen molar-refractivity contribution >= 4 is 17.3 Å². The molecule has 0 fully saturated rings. The summed E-state index contributed by atoms with van der Waals surface area (Å²) in [6, 6.07) is 5.72. The molecular weight excluding hydrogens is 240 g/mol. The van der Waals surface area contributed by atoms with Crippen LogP contribution in [0.2, 0.25) is 0 Å². The first-order valence-electron chi connectivity index (χ1n) is 6.14. The third-order valence-electron chi connectivity index (χ3n) is 2.69. The van der Waals surface area contributed by atoms with Crippen LogP contribution in [0.25, 0.3) is 0 Å². The molecule has 0 aromatic carbocycles. The number of pyridine rings is 1. The van der Waals surface area contributed by atoms with E-state index in [1.165, 1.54) is 0 Å². The van der Waals surface area contributed by atoms with Gasteiger partial charge in [0.1, 0.15) is 18.0 Å². The summed E-state index contributed by atoms with van der Waals surface area (Å²) in [5.41, 5.74) is 0.956. The van der Waals surface area contributed by atoms with Crippen molar-refractivity contribution in [2.24, 2.45) is 0 Å². The first-order chi connectivity index (χ1) is 9.29. The van der Waals surface area contributed by atoms with Crippen molar-refractivity contribution in [2.45, 2.75) is 0 Å². The molecular formula is C13H18N6. The van der Waals surface area contributed by atoms with Gasteiger partial charge in [-0.2, -0.15) is 0 Å². The third-order valence-corrected chi connectivity index (χ3v) is 2.69. The predicted molar refractivity (Wildman–Crippen MR) is 76.7 cm³/mol. The number of nitrogens with zero attached hydrogens (tertiary/aromatic N) is 4. The fourth-order valence-corrected chi connectivity index (χ4v) is 1.60. The molecule has 0 radical (unpaired) electrons. The van der Waals surface area contributed by atoms with Crippen molar-refractivity contribution in [1.82, 2.24) is 20.3 Å². The molecule has 2 N–H and O–H groups in total. The van der Waals surface area contributed by atoms with Crippen LogP contribution in [-0.4, -0.2) is 42.1 Å². The highest BCUT2D eigenvalue weighted by Crippen LogP contribution is 2.16. The molecule has 19 heavy (non-hydrogen) atoms. The van der Waals surface area contributed by atoms with Gasteiger partial charge in [-0.1, -0.05) is 0 Å². The summed E-state index contributed by atoms with van der Waals surface area (Å²) >= 11 is 0. The Labute approximate surface area is 112 Å². The highest BCUT2D eigenvalue weighted by Gasteiger charge is 2.04. The Morgan fingerprint density at radius 2 is 2.00 bits per heavy atom. The number of nitrogens with one attached hydrogen (secondary N) is 2. The monoisotopic (exact) mass is 258 g/mol. The van der Waals surface area contributed by atoms with Crippen LogP contribution in [0.5, 0.6) is 0 Å². The van der Waals surface area contributed by atoms with Gasteiger partial charge in [-0.3, -0.25) is 4.98 Å². The smallest absolute Gasteiger partial charge is 0.135 e. The molecule has 2 aromatic rings. The maximum Gasteiger partial charge on any atom is 0.135 e. The molecule has 0 spiro atoms. The lowest BCUT2D eigenvalue weighted by atomic mass is 10.4. The van der Waals surface area contributed by atoms with Crippen LogP contribution in [-0.2, 0) is 0 Å². The zero-order chi connectivity index (χ0) is 13.5. The number of rotatable bonds is 6. The van der Waals surface area contributed by atoms with E-state index < -0.39 is 0 Å². The fraction of sp³-hybridized carbons (Fsp3) is 0.308. The van der Waals surface area contributed by atoms with E-state index in [2.05, 4.69) is 30.5 Å². The van der Waals surface area contributed by atoms with Gasteiger partial charge < -0.3 is 15.5 Å². The number of likely N-dealkylation sites (N-methyl/N-ethyl adjacent to an activating group) is 2. The van der Waals surface area contributed by atoms with Gasteiger partial charge in [0, 0.05) is 44.3 Å². The SMILES string of the molecule is CNCCN(C)c1cc(Nc2ccncc2)ncn1. The minimum Gasteiger partial charge on any atom is -0.358 e. The van der Waals surface area contributed by atoms with Crippen molar-refractivity contribution in [1.29, 1.82) is 0 Å².